The van der Waals surface area contributed by atoms with Gasteiger partial charge >= 0.3 is 5.97 Å². The zero-order valence-electron chi connectivity index (χ0n) is 12.6. The van der Waals surface area contributed by atoms with Crippen LogP contribution in [0.2, 0.25) is 0 Å². The van der Waals surface area contributed by atoms with E-state index in [-0.39, 0.29) is 18.9 Å². The minimum absolute atomic E-state index is 0.144. The van der Waals surface area contributed by atoms with Gasteiger partial charge in [0.25, 0.3) is 0 Å². The van der Waals surface area contributed by atoms with Gasteiger partial charge in [0, 0.05) is 6.54 Å². The monoisotopic (exact) mass is 277 g/mol. The number of carbonyl (C=O) groups is 2. The van der Waals surface area contributed by atoms with Crippen molar-refractivity contribution >= 4 is 11.9 Å². The van der Waals surface area contributed by atoms with Crippen LogP contribution in [-0.2, 0) is 16.0 Å². The molecule has 4 nitrogen and oxygen atoms in total. The largest absolute Gasteiger partial charge is 0.481 e. The Balaban J connectivity index is 2.60. The highest BCUT2D eigenvalue weighted by atomic mass is 16.4. The molecule has 1 amide bonds. The molecule has 0 fully saturated rings. The zero-order valence-corrected chi connectivity index (χ0v) is 12.6. The number of aliphatic carboxylic acids is 1. The molecule has 20 heavy (non-hydrogen) atoms. The van der Waals surface area contributed by atoms with Gasteiger partial charge in [0.2, 0.25) is 5.91 Å². The molecule has 0 saturated carbocycles. The Hall–Kier alpha value is -1.84. The summed E-state index contributed by atoms with van der Waals surface area (Å²) in [6.07, 6.45) is 0.757. The molecule has 1 aromatic rings. The Labute approximate surface area is 120 Å². The van der Waals surface area contributed by atoms with E-state index in [1.807, 2.05) is 39.0 Å². The van der Waals surface area contributed by atoms with E-state index in [1.165, 1.54) is 5.56 Å². The average molecular weight is 277 g/mol. The maximum atomic E-state index is 11.9. The SMILES string of the molecule is CCC(C)(CNC(=O)Cc1ccc(C)c(C)c1)C(=O)O. The highest BCUT2D eigenvalue weighted by Gasteiger charge is 2.31. The van der Waals surface area contributed by atoms with E-state index in [9.17, 15) is 9.59 Å². The van der Waals surface area contributed by atoms with Crippen LogP contribution in [0.3, 0.4) is 0 Å². The lowest BCUT2D eigenvalue weighted by atomic mass is 9.87. The van der Waals surface area contributed by atoms with Crippen LogP contribution in [0.5, 0.6) is 0 Å². The van der Waals surface area contributed by atoms with Crippen molar-refractivity contribution in [2.45, 2.75) is 40.5 Å². The number of carboxylic acid groups (broad SMARTS) is 1. The first-order valence-electron chi connectivity index (χ1n) is 6.84. The first-order valence-corrected chi connectivity index (χ1v) is 6.84. The molecule has 4 heteroatoms. The van der Waals surface area contributed by atoms with Gasteiger partial charge in [0.05, 0.1) is 11.8 Å². The lowest BCUT2D eigenvalue weighted by Crippen LogP contribution is -2.41. The molecule has 0 aromatic heterocycles. The van der Waals surface area contributed by atoms with Gasteiger partial charge in [0.1, 0.15) is 0 Å². The lowest BCUT2D eigenvalue weighted by Gasteiger charge is -2.23. The Morgan fingerprint density at radius 3 is 2.40 bits per heavy atom. The maximum Gasteiger partial charge on any atom is 0.311 e. The minimum Gasteiger partial charge on any atom is -0.481 e. The molecule has 0 aliphatic carbocycles. The quantitative estimate of drug-likeness (QED) is 0.839. The van der Waals surface area contributed by atoms with Crippen molar-refractivity contribution in [2.24, 2.45) is 5.41 Å². The third-order valence-corrected chi connectivity index (χ3v) is 3.91. The number of hydrogen-bond donors (Lipinski definition) is 2. The molecule has 0 aliphatic heterocycles. The molecule has 0 bridgehead atoms. The van der Waals surface area contributed by atoms with Gasteiger partial charge in [-0.2, -0.15) is 0 Å². The van der Waals surface area contributed by atoms with Crippen molar-refractivity contribution in [1.82, 2.24) is 5.32 Å². The van der Waals surface area contributed by atoms with Crippen LogP contribution in [-0.4, -0.2) is 23.5 Å². The molecule has 0 saturated heterocycles. The molecule has 110 valence electrons. The number of carboxylic acids is 1. The van der Waals surface area contributed by atoms with Crippen LogP contribution in [0.4, 0.5) is 0 Å². The predicted octanol–water partition coefficient (Wildman–Crippen LogP) is 2.46. The van der Waals surface area contributed by atoms with Gasteiger partial charge < -0.3 is 10.4 Å². The number of benzene rings is 1. The summed E-state index contributed by atoms with van der Waals surface area (Å²) >= 11 is 0. The summed E-state index contributed by atoms with van der Waals surface area (Å²) in [5, 5.41) is 11.9. The van der Waals surface area contributed by atoms with E-state index in [2.05, 4.69) is 5.32 Å². The van der Waals surface area contributed by atoms with Crippen molar-refractivity contribution < 1.29 is 14.7 Å². The average Bonchev–Trinajstić information content (AvgIpc) is 2.40. The second-order valence-electron chi connectivity index (χ2n) is 5.59. The van der Waals surface area contributed by atoms with Crippen LogP contribution >= 0.6 is 0 Å². The lowest BCUT2D eigenvalue weighted by molar-refractivity contribution is -0.148. The number of amides is 1. The van der Waals surface area contributed by atoms with E-state index in [0.29, 0.717) is 6.42 Å². The van der Waals surface area contributed by atoms with Gasteiger partial charge in [-0.15, -0.1) is 0 Å². The van der Waals surface area contributed by atoms with Crippen molar-refractivity contribution in [3.05, 3.63) is 34.9 Å². The number of carbonyl (C=O) groups excluding carboxylic acids is 1. The summed E-state index contributed by atoms with van der Waals surface area (Å²) in [6.45, 7) is 7.64. The van der Waals surface area contributed by atoms with Crippen molar-refractivity contribution in [3.8, 4) is 0 Å². The Bertz CT molecular complexity index is 510. The molecule has 0 spiro atoms. The first-order chi connectivity index (χ1) is 9.28. The molecular weight excluding hydrogens is 254 g/mol. The number of hydrogen-bond acceptors (Lipinski definition) is 2. The third-order valence-electron chi connectivity index (χ3n) is 3.91. The second-order valence-corrected chi connectivity index (χ2v) is 5.59. The number of rotatable bonds is 6. The van der Waals surface area contributed by atoms with Gasteiger partial charge in [0.15, 0.2) is 0 Å². The van der Waals surface area contributed by atoms with Crippen LogP contribution in [0, 0.1) is 19.3 Å². The molecular formula is C16H23NO3. The van der Waals surface area contributed by atoms with Crippen molar-refractivity contribution in [2.75, 3.05) is 6.54 Å². The summed E-state index contributed by atoms with van der Waals surface area (Å²) in [6, 6.07) is 5.91. The summed E-state index contributed by atoms with van der Waals surface area (Å²) in [5.41, 5.74) is 2.38. The molecule has 1 unspecified atom stereocenters. The van der Waals surface area contributed by atoms with Gasteiger partial charge in [-0.3, -0.25) is 9.59 Å². The topological polar surface area (TPSA) is 66.4 Å². The predicted molar refractivity (Wildman–Crippen MR) is 78.7 cm³/mol. The van der Waals surface area contributed by atoms with Gasteiger partial charge in [-0.1, -0.05) is 25.1 Å². The number of aryl methyl sites for hydroxylation is 2. The van der Waals surface area contributed by atoms with E-state index >= 15 is 0 Å². The van der Waals surface area contributed by atoms with E-state index < -0.39 is 11.4 Å². The molecule has 2 N–H and O–H groups in total. The van der Waals surface area contributed by atoms with Crippen LogP contribution in [0.15, 0.2) is 18.2 Å². The van der Waals surface area contributed by atoms with Crippen LogP contribution in [0.1, 0.15) is 37.0 Å². The second kappa shape index (κ2) is 6.55. The minimum atomic E-state index is -0.904. The van der Waals surface area contributed by atoms with Gasteiger partial charge in [-0.25, -0.2) is 0 Å². The first kappa shape index (κ1) is 16.2. The van der Waals surface area contributed by atoms with Crippen molar-refractivity contribution in [3.63, 3.8) is 0 Å². The molecule has 1 atom stereocenters. The van der Waals surface area contributed by atoms with Crippen LogP contribution < -0.4 is 5.32 Å². The summed E-state index contributed by atoms with van der Waals surface area (Å²) in [5.74, 6) is -1.03. The van der Waals surface area contributed by atoms with E-state index in [4.69, 9.17) is 5.11 Å². The van der Waals surface area contributed by atoms with E-state index in [1.54, 1.807) is 6.92 Å². The van der Waals surface area contributed by atoms with Crippen LogP contribution in [0.25, 0.3) is 0 Å². The smallest absolute Gasteiger partial charge is 0.311 e. The number of nitrogens with one attached hydrogen (secondary N) is 1. The summed E-state index contributed by atoms with van der Waals surface area (Å²) < 4.78 is 0. The highest BCUT2D eigenvalue weighted by Crippen LogP contribution is 2.20. The summed E-state index contributed by atoms with van der Waals surface area (Å²) in [4.78, 5) is 23.0. The molecule has 0 aliphatic rings. The Morgan fingerprint density at radius 2 is 1.90 bits per heavy atom. The molecule has 1 rings (SSSR count). The van der Waals surface area contributed by atoms with E-state index in [0.717, 1.165) is 11.1 Å². The fourth-order valence-electron chi connectivity index (χ4n) is 1.81. The summed E-state index contributed by atoms with van der Waals surface area (Å²) in [7, 11) is 0. The Morgan fingerprint density at radius 1 is 1.25 bits per heavy atom. The normalized spacial score (nSPS) is 13.6. The standard InChI is InChI=1S/C16H23NO3/c1-5-16(4,15(19)20)10-17-14(18)9-13-7-6-11(2)12(3)8-13/h6-8H,5,9-10H2,1-4H3,(H,17,18)(H,19,20). The van der Waals surface area contributed by atoms with Crippen molar-refractivity contribution in [1.29, 1.82) is 0 Å². The molecule has 1 aromatic carbocycles. The Kier molecular flexibility index (Phi) is 5.31. The zero-order chi connectivity index (χ0) is 15.3. The highest BCUT2D eigenvalue weighted by molar-refractivity contribution is 5.80. The van der Waals surface area contributed by atoms with Gasteiger partial charge in [-0.05, 0) is 43.9 Å². The maximum absolute atomic E-state index is 11.9. The molecule has 0 heterocycles. The fourth-order valence-corrected chi connectivity index (χ4v) is 1.81. The fraction of sp³-hybridized carbons (Fsp3) is 0.500. The third kappa shape index (κ3) is 4.08. The molecule has 0 radical (unpaired) electrons.